The van der Waals surface area contributed by atoms with Gasteiger partial charge in [-0.2, -0.15) is 0 Å². The van der Waals surface area contributed by atoms with Crippen LogP contribution in [0.2, 0.25) is 5.02 Å². The van der Waals surface area contributed by atoms with E-state index in [1.54, 1.807) is 18.2 Å². The molecule has 100 valence electrons. The number of anilines is 1. The van der Waals surface area contributed by atoms with Crippen LogP contribution in [0.1, 0.15) is 33.1 Å². The molecule has 0 heterocycles. The van der Waals surface area contributed by atoms with E-state index in [-0.39, 0.29) is 5.25 Å². The van der Waals surface area contributed by atoms with Gasteiger partial charge in [0.05, 0.1) is 20.7 Å². The van der Waals surface area contributed by atoms with Crippen LogP contribution in [0, 0.1) is 11.8 Å². The Morgan fingerprint density at radius 3 is 2.39 bits per heavy atom. The molecule has 2 rings (SSSR count). The minimum atomic E-state index is -1.09. The first kappa shape index (κ1) is 13.9. The van der Waals surface area contributed by atoms with Crippen molar-refractivity contribution in [3.8, 4) is 0 Å². The summed E-state index contributed by atoms with van der Waals surface area (Å²) in [7, 11) is -1.09. The van der Waals surface area contributed by atoms with Crippen molar-refractivity contribution in [3.63, 3.8) is 0 Å². The average molecular weight is 286 g/mol. The second-order valence-corrected chi connectivity index (χ2v) is 7.57. The number of hydrogen-bond donors (Lipinski definition) is 1. The van der Waals surface area contributed by atoms with E-state index in [2.05, 4.69) is 13.8 Å². The Bertz CT molecular complexity index is 433. The molecule has 0 bridgehead atoms. The van der Waals surface area contributed by atoms with Crippen LogP contribution in [0.15, 0.2) is 23.1 Å². The number of hydrogen-bond acceptors (Lipinski definition) is 2. The van der Waals surface area contributed by atoms with Crippen LogP contribution >= 0.6 is 11.6 Å². The third-order valence-corrected chi connectivity index (χ3v) is 5.91. The smallest absolute Gasteiger partial charge is 0.0806 e. The molecule has 1 fully saturated rings. The van der Waals surface area contributed by atoms with Crippen molar-refractivity contribution < 1.29 is 4.21 Å². The second-order valence-electron chi connectivity index (χ2n) is 5.50. The molecule has 18 heavy (non-hydrogen) atoms. The van der Waals surface area contributed by atoms with Crippen LogP contribution in [-0.2, 0) is 10.8 Å². The number of halogens is 1. The van der Waals surface area contributed by atoms with Crippen molar-refractivity contribution in [2.24, 2.45) is 11.8 Å². The fourth-order valence-corrected chi connectivity index (χ4v) is 5.26. The molecule has 1 aromatic carbocycles. The van der Waals surface area contributed by atoms with Gasteiger partial charge in [0, 0.05) is 10.9 Å². The van der Waals surface area contributed by atoms with E-state index in [1.807, 2.05) is 0 Å². The van der Waals surface area contributed by atoms with Crippen molar-refractivity contribution in [2.45, 2.75) is 43.3 Å². The van der Waals surface area contributed by atoms with E-state index in [0.717, 1.165) is 12.8 Å². The van der Waals surface area contributed by atoms with Crippen LogP contribution in [0.5, 0.6) is 0 Å². The van der Waals surface area contributed by atoms with Crippen LogP contribution < -0.4 is 5.73 Å². The Morgan fingerprint density at radius 2 is 1.83 bits per heavy atom. The molecule has 0 aliphatic heterocycles. The summed E-state index contributed by atoms with van der Waals surface area (Å²) in [5.41, 5.74) is 6.47. The van der Waals surface area contributed by atoms with E-state index >= 15 is 0 Å². The Morgan fingerprint density at radius 1 is 1.22 bits per heavy atom. The van der Waals surface area contributed by atoms with Gasteiger partial charge in [-0.25, -0.2) is 0 Å². The van der Waals surface area contributed by atoms with Gasteiger partial charge in [0.25, 0.3) is 0 Å². The summed E-state index contributed by atoms with van der Waals surface area (Å²) in [6, 6.07) is 5.33. The largest absolute Gasteiger partial charge is 0.398 e. The number of nitrogen functional groups attached to an aromatic ring is 1. The first-order valence-electron chi connectivity index (χ1n) is 6.43. The summed E-state index contributed by atoms with van der Waals surface area (Å²) in [4.78, 5) is 0.630. The lowest BCUT2D eigenvalue weighted by molar-refractivity contribution is 0.305. The van der Waals surface area contributed by atoms with Crippen molar-refractivity contribution >= 4 is 28.1 Å². The summed E-state index contributed by atoms with van der Waals surface area (Å²) in [5.74, 6) is 1.26. The molecule has 4 heteroatoms. The molecule has 1 aromatic rings. The van der Waals surface area contributed by atoms with E-state index in [0.29, 0.717) is 27.4 Å². The second kappa shape index (κ2) is 5.62. The monoisotopic (exact) mass is 285 g/mol. The lowest BCUT2D eigenvalue weighted by Crippen LogP contribution is -2.28. The number of nitrogens with two attached hydrogens (primary N) is 1. The summed E-state index contributed by atoms with van der Waals surface area (Å²) in [6.07, 6.45) is 3.23. The van der Waals surface area contributed by atoms with E-state index in [4.69, 9.17) is 17.3 Å². The molecule has 0 aromatic heterocycles. The zero-order chi connectivity index (χ0) is 13.3. The van der Waals surface area contributed by atoms with Gasteiger partial charge in [0.1, 0.15) is 0 Å². The van der Waals surface area contributed by atoms with Gasteiger partial charge in [-0.05, 0) is 43.2 Å². The van der Waals surface area contributed by atoms with E-state index in [1.165, 1.54) is 6.42 Å². The van der Waals surface area contributed by atoms with Gasteiger partial charge in [-0.1, -0.05) is 31.5 Å². The summed E-state index contributed by atoms with van der Waals surface area (Å²) < 4.78 is 12.7. The van der Waals surface area contributed by atoms with Gasteiger partial charge >= 0.3 is 0 Å². The zero-order valence-electron chi connectivity index (χ0n) is 10.9. The molecule has 2 N–H and O–H groups in total. The SMILES string of the molecule is CC1CC(C)CC(S(=O)c2c(N)cccc2Cl)C1. The normalized spacial score (nSPS) is 30.1. The maximum atomic E-state index is 12.7. The highest BCUT2D eigenvalue weighted by atomic mass is 35.5. The molecule has 2 nitrogen and oxygen atoms in total. The minimum Gasteiger partial charge on any atom is -0.398 e. The molecular weight excluding hydrogens is 266 g/mol. The standard InChI is InChI=1S/C14H20ClNOS/c1-9-6-10(2)8-11(7-9)18(17)14-12(15)4-3-5-13(14)16/h3-5,9-11H,6-8,16H2,1-2H3. The molecule has 0 spiro atoms. The van der Waals surface area contributed by atoms with Crippen molar-refractivity contribution in [2.75, 3.05) is 5.73 Å². The molecular formula is C14H20ClNOS. The highest BCUT2D eigenvalue weighted by molar-refractivity contribution is 7.86. The van der Waals surface area contributed by atoms with Gasteiger partial charge < -0.3 is 5.73 Å². The lowest BCUT2D eigenvalue weighted by atomic mass is 9.83. The van der Waals surface area contributed by atoms with Crippen LogP contribution in [0.25, 0.3) is 0 Å². The number of rotatable bonds is 2. The first-order chi connectivity index (χ1) is 8.49. The summed E-state index contributed by atoms with van der Waals surface area (Å²) >= 11 is 6.14. The Labute approximate surface area is 116 Å². The third kappa shape index (κ3) is 2.89. The van der Waals surface area contributed by atoms with Crippen molar-refractivity contribution in [1.29, 1.82) is 0 Å². The Balaban J connectivity index is 2.26. The predicted molar refractivity (Wildman–Crippen MR) is 78.2 cm³/mol. The predicted octanol–water partition coefficient (Wildman–Crippen LogP) is 3.85. The van der Waals surface area contributed by atoms with Crippen LogP contribution in [0.4, 0.5) is 5.69 Å². The molecule has 1 saturated carbocycles. The summed E-state index contributed by atoms with van der Waals surface area (Å²) in [6.45, 7) is 4.46. The number of benzene rings is 1. The fraction of sp³-hybridized carbons (Fsp3) is 0.571. The van der Waals surface area contributed by atoms with Gasteiger partial charge in [0.15, 0.2) is 0 Å². The molecule has 0 radical (unpaired) electrons. The maximum absolute atomic E-state index is 12.7. The lowest BCUT2D eigenvalue weighted by Gasteiger charge is -2.31. The minimum absolute atomic E-state index is 0.186. The average Bonchev–Trinajstić information content (AvgIpc) is 2.27. The molecule has 1 aliphatic rings. The quantitative estimate of drug-likeness (QED) is 0.839. The Kier molecular flexibility index (Phi) is 4.33. The zero-order valence-corrected chi connectivity index (χ0v) is 12.4. The third-order valence-electron chi connectivity index (χ3n) is 3.64. The van der Waals surface area contributed by atoms with Crippen LogP contribution in [0.3, 0.4) is 0 Å². The topological polar surface area (TPSA) is 43.1 Å². The molecule has 0 saturated heterocycles. The summed E-state index contributed by atoms with van der Waals surface area (Å²) in [5, 5.41) is 0.713. The first-order valence-corrected chi connectivity index (χ1v) is 8.02. The molecule has 3 unspecified atom stereocenters. The van der Waals surface area contributed by atoms with E-state index in [9.17, 15) is 4.21 Å². The van der Waals surface area contributed by atoms with Gasteiger partial charge in [-0.15, -0.1) is 0 Å². The Hall–Kier alpha value is -0.540. The fourth-order valence-electron chi connectivity index (χ4n) is 2.95. The molecule has 0 amide bonds. The van der Waals surface area contributed by atoms with Crippen LogP contribution in [-0.4, -0.2) is 9.46 Å². The highest BCUT2D eigenvalue weighted by Gasteiger charge is 2.30. The van der Waals surface area contributed by atoms with Gasteiger partial charge in [-0.3, -0.25) is 4.21 Å². The van der Waals surface area contributed by atoms with Crippen molar-refractivity contribution in [1.82, 2.24) is 0 Å². The van der Waals surface area contributed by atoms with Gasteiger partial charge in [0.2, 0.25) is 0 Å². The van der Waals surface area contributed by atoms with Crippen molar-refractivity contribution in [3.05, 3.63) is 23.2 Å². The molecule has 1 aliphatic carbocycles. The maximum Gasteiger partial charge on any atom is 0.0806 e. The van der Waals surface area contributed by atoms with E-state index < -0.39 is 10.8 Å². The highest BCUT2D eigenvalue weighted by Crippen LogP contribution is 2.36. The molecule has 3 atom stereocenters.